The summed E-state index contributed by atoms with van der Waals surface area (Å²) >= 11 is 10.7. The topological polar surface area (TPSA) is 30.7 Å². The van der Waals surface area contributed by atoms with Gasteiger partial charge in [-0.3, -0.25) is 0 Å². The van der Waals surface area contributed by atoms with Gasteiger partial charge in [0.25, 0.3) is 0 Å². The molecule has 0 aliphatic carbocycles. The normalized spacial score (nSPS) is 10.7. The zero-order valence-corrected chi connectivity index (χ0v) is 10.3. The lowest BCUT2D eigenvalue weighted by atomic mass is 10.4. The van der Waals surface area contributed by atoms with E-state index in [0.29, 0.717) is 5.88 Å². The smallest absolute Gasteiger partial charge is 0.0974 e. The van der Waals surface area contributed by atoms with Crippen molar-refractivity contribution in [1.82, 2.24) is 15.0 Å². The molecule has 0 saturated carbocycles. The maximum Gasteiger partial charge on any atom is 0.0974 e. The van der Waals surface area contributed by atoms with E-state index in [1.807, 2.05) is 12.3 Å². The minimum absolute atomic E-state index is 0.411. The highest BCUT2D eigenvalue weighted by Crippen LogP contribution is 2.22. The summed E-state index contributed by atoms with van der Waals surface area (Å²) in [5.41, 5.74) is 0.808. The molecule has 6 heteroatoms. The summed E-state index contributed by atoms with van der Waals surface area (Å²) in [5, 5.41) is 7.88. The Kier molecular flexibility index (Phi) is 3.20. The molecule has 0 spiro atoms. The van der Waals surface area contributed by atoms with E-state index in [-0.39, 0.29) is 0 Å². The van der Waals surface area contributed by atoms with Crippen molar-refractivity contribution < 1.29 is 0 Å². The SMILES string of the molecule is ClCc1cn(Cc2ccc(Br)s2)nn1. The van der Waals surface area contributed by atoms with E-state index in [0.717, 1.165) is 16.0 Å². The molecule has 2 heterocycles. The third kappa shape index (κ3) is 2.34. The van der Waals surface area contributed by atoms with Gasteiger partial charge in [-0.25, -0.2) is 4.68 Å². The highest BCUT2D eigenvalue weighted by atomic mass is 79.9. The van der Waals surface area contributed by atoms with E-state index in [4.69, 9.17) is 11.6 Å². The average Bonchev–Trinajstić information content (AvgIpc) is 2.76. The Morgan fingerprint density at radius 1 is 1.50 bits per heavy atom. The van der Waals surface area contributed by atoms with Gasteiger partial charge in [0, 0.05) is 4.88 Å². The summed E-state index contributed by atoms with van der Waals surface area (Å²) < 4.78 is 2.92. The number of halogens is 2. The molecule has 0 N–H and O–H groups in total. The van der Waals surface area contributed by atoms with Crippen LogP contribution in [0.1, 0.15) is 10.6 Å². The van der Waals surface area contributed by atoms with Gasteiger partial charge in [-0.15, -0.1) is 28.0 Å². The molecule has 0 bridgehead atoms. The molecule has 0 aromatic carbocycles. The lowest BCUT2D eigenvalue weighted by Crippen LogP contribution is -1.97. The number of nitrogens with zero attached hydrogens (tertiary/aromatic N) is 3. The van der Waals surface area contributed by atoms with E-state index in [1.165, 1.54) is 4.88 Å². The van der Waals surface area contributed by atoms with Gasteiger partial charge in [-0.05, 0) is 28.1 Å². The second-order valence-electron chi connectivity index (χ2n) is 2.75. The maximum absolute atomic E-state index is 5.63. The average molecular weight is 293 g/mol. The molecule has 74 valence electrons. The molecule has 0 fully saturated rings. The second-order valence-corrected chi connectivity index (χ2v) is 5.56. The number of thiophene rings is 1. The third-order valence-corrected chi connectivity index (χ3v) is 3.55. The van der Waals surface area contributed by atoms with Crippen molar-refractivity contribution in [2.45, 2.75) is 12.4 Å². The summed E-state index contributed by atoms with van der Waals surface area (Å²) in [5.74, 6) is 0.411. The van der Waals surface area contributed by atoms with Crippen LogP contribution in [0.15, 0.2) is 22.1 Å². The van der Waals surface area contributed by atoms with Gasteiger partial charge in [-0.2, -0.15) is 0 Å². The highest BCUT2D eigenvalue weighted by Gasteiger charge is 2.02. The zero-order chi connectivity index (χ0) is 9.97. The minimum atomic E-state index is 0.411. The molecule has 0 aliphatic rings. The minimum Gasteiger partial charge on any atom is -0.247 e. The molecule has 0 saturated heterocycles. The Morgan fingerprint density at radius 3 is 2.93 bits per heavy atom. The van der Waals surface area contributed by atoms with E-state index in [2.05, 4.69) is 32.3 Å². The van der Waals surface area contributed by atoms with Crippen LogP contribution in [0.25, 0.3) is 0 Å². The number of hydrogen-bond donors (Lipinski definition) is 0. The van der Waals surface area contributed by atoms with Crippen LogP contribution in [0, 0.1) is 0 Å². The first-order valence-corrected chi connectivity index (χ1v) is 6.11. The van der Waals surface area contributed by atoms with Crippen molar-refractivity contribution >= 4 is 38.9 Å². The fourth-order valence-electron chi connectivity index (χ4n) is 1.07. The largest absolute Gasteiger partial charge is 0.247 e. The van der Waals surface area contributed by atoms with Crippen LogP contribution in [0.3, 0.4) is 0 Å². The second kappa shape index (κ2) is 4.42. The van der Waals surface area contributed by atoms with Gasteiger partial charge in [-0.1, -0.05) is 5.21 Å². The lowest BCUT2D eigenvalue weighted by molar-refractivity contribution is 0.655. The van der Waals surface area contributed by atoms with Crippen molar-refractivity contribution in [2.24, 2.45) is 0 Å². The van der Waals surface area contributed by atoms with Crippen molar-refractivity contribution in [3.63, 3.8) is 0 Å². The summed E-state index contributed by atoms with van der Waals surface area (Å²) in [6.45, 7) is 0.750. The van der Waals surface area contributed by atoms with E-state index >= 15 is 0 Å². The number of rotatable bonds is 3. The first-order chi connectivity index (χ1) is 6.78. The summed E-state index contributed by atoms with van der Waals surface area (Å²) in [6, 6.07) is 4.09. The first kappa shape index (κ1) is 10.1. The van der Waals surface area contributed by atoms with E-state index < -0.39 is 0 Å². The highest BCUT2D eigenvalue weighted by molar-refractivity contribution is 9.11. The number of hydrogen-bond acceptors (Lipinski definition) is 3. The maximum atomic E-state index is 5.63. The standard InChI is InChI=1S/C8H7BrClN3S/c9-8-2-1-7(14-8)5-13-4-6(3-10)11-12-13/h1-2,4H,3,5H2. The monoisotopic (exact) mass is 291 g/mol. The van der Waals surface area contributed by atoms with Crippen molar-refractivity contribution in [2.75, 3.05) is 0 Å². The molecule has 2 aromatic heterocycles. The Morgan fingerprint density at radius 2 is 2.36 bits per heavy atom. The van der Waals surface area contributed by atoms with Crippen LogP contribution in [0.5, 0.6) is 0 Å². The van der Waals surface area contributed by atoms with Crippen molar-refractivity contribution in [3.8, 4) is 0 Å². The van der Waals surface area contributed by atoms with Crippen molar-refractivity contribution in [3.05, 3.63) is 32.7 Å². The third-order valence-electron chi connectivity index (χ3n) is 1.67. The van der Waals surface area contributed by atoms with Crippen LogP contribution in [-0.4, -0.2) is 15.0 Å². The van der Waals surface area contributed by atoms with E-state index in [9.17, 15) is 0 Å². The fourth-order valence-corrected chi connectivity index (χ4v) is 2.67. The van der Waals surface area contributed by atoms with Crippen LogP contribution in [0.2, 0.25) is 0 Å². The molecular weight excluding hydrogens is 286 g/mol. The molecule has 3 nitrogen and oxygen atoms in total. The molecule has 0 atom stereocenters. The lowest BCUT2D eigenvalue weighted by Gasteiger charge is -1.94. The van der Waals surface area contributed by atoms with Gasteiger partial charge in [0.2, 0.25) is 0 Å². The molecular formula is C8H7BrClN3S. The van der Waals surface area contributed by atoms with Crippen LogP contribution in [0.4, 0.5) is 0 Å². The van der Waals surface area contributed by atoms with Gasteiger partial charge < -0.3 is 0 Å². The molecule has 0 unspecified atom stereocenters. The Hall–Kier alpha value is -0.390. The van der Waals surface area contributed by atoms with Gasteiger partial charge in [0.05, 0.1) is 28.1 Å². The summed E-state index contributed by atoms with van der Waals surface area (Å²) in [7, 11) is 0. The summed E-state index contributed by atoms with van der Waals surface area (Å²) in [4.78, 5) is 1.24. The Bertz CT molecular complexity index is 426. The molecule has 2 rings (SSSR count). The predicted molar refractivity (Wildman–Crippen MR) is 60.7 cm³/mol. The number of aromatic nitrogens is 3. The molecule has 0 radical (unpaired) electrons. The molecule has 0 amide bonds. The van der Waals surface area contributed by atoms with Crippen LogP contribution >= 0.6 is 38.9 Å². The zero-order valence-electron chi connectivity index (χ0n) is 7.15. The van der Waals surface area contributed by atoms with Gasteiger partial charge in [0.1, 0.15) is 0 Å². The first-order valence-electron chi connectivity index (χ1n) is 3.97. The Labute approximate surface area is 98.8 Å². The molecule has 2 aromatic rings. The quantitative estimate of drug-likeness (QED) is 0.815. The molecule has 0 aliphatic heterocycles. The van der Waals surface area contributed by atoms with E-state index in [1.54, 1.807) is 16.0 Å². The van der Waals surface area contributed by atoms with Crippen LogP contribution < -0.4 is 0 Å². The molecule has 14 heavy (non-hydrogen) atoms. The van der Waals surface area contributed by atoms with Gasteiger partial charge >= 0.3 is 0 Å². The van der Waals surface area contributed by atoms with Crippen LogP contribution in [-0.2, 0) is 12.4 Å². The Balaban J connectivity index is 2.10. The van der Waals surface area contributed by atoms with Crippen molar-refractivity contribution in [1.29, 1.82) is 0 Å². The predicted octanol–water partition coefficient (Wildman–Crippen LogP) is 2.89. The summed E-state index contributed by atoms with van der Waals surface area (Å²) in [6.07, 6.45) is 1.86. The number of alkyl halides is 1. The van der Waals surface area contributed by atoms with Gasteiger partial charge in [0.15, 0.2) is 0 Å². The fraction of sp³-hybridized carbons (Fsp3) is 0.250.